The van der Waals surface area contributed by atoms with Gasteiger partial charge in [0.25, 0.3) is 5.91 Å². The third kappa shape index (κ3) is 4.16. The molecular formula is C21H24N4O2. The number of hydrogen-bond donors (Lipinski definition) is 2. The first-order valence-corrected chi connectivity index (χ1v) is 8.94. The van der Waals surface area contributed by atoms with E-state index < -0.39 is 0 Å². The number of hydrazone groups is 1. The lowest BCUT2D eigenvalue weighted by Gasteiger charge is -2.14. The summed E-state index contributed by atoms with van der Waals surface area (Å²) in [4.78, 5) is 12.3. The van der Waals surface area contributed by atoms with Gasteiger partial charge in [-0.25, -0.2) is 5.43 Å². The molecule has 0 radical (unpaired) electrons. The van der Waals surface area contributed by atoms with Crippen LogP contribution in [-0.4, -0.2) is 28.9 Å². The minimum atomic E-state index is -0.365. The lowest BCUT2D eigenvalue weighted by Crippen LogP contribution is -2.18. The summed E-state index contributed by atoms with van der Waals surface area (Å²) in [7, 11) is 0. The normalized spacial score (nSPS) is 11.9. The van der Waals surface area contributed by atoms with Crippen molar-refractivity contribution in [2.75, 3.05) is 6.61 Å². The van der Waals surface area contributed by atoms with Crippen LogP contribution in [0.5, 0.6) is 5.75 Å². The molecule has 0 atom stereocenters. The number of ether oxygens (including phenoxy) is 1. The Morgan fingerprint density at radius 2 is 2.04 bits per heavy atom. The van der Waals surface area contributed by atoms with Gasteiger partial charge in [0.15, 0.2) is 5.69 Å². The number of benzene rings is 2. The molecule has 0 fully saturated rings. The molecule has 6 heteroatoms. The van der Waals surface area contributed by atoms with Crippen molar-refractivity contribution >= 4 is 22.9 Å². The Morgan fingerprint density at radius 3 is 2.74 bits per heavy atom. The molecule has 27 heavy (non-hydrogen) atoms. The average Bonchev–Trinajstić information content (AvgIpc) is 3.14. The zero-order chi connectivity index (χ0) is 19.4. The molecule has 2 N–H and O–H groups in total. The van der Waals surface area contributed by atoms with Crippen LogP contribution in [0.2, 0.25) is 0 Å². The van der Waals surface area contributed by atoms with Gasteiger partial charge in [-0.3, -0.25) is 9.89 Å². The SMILES string of the molecule is CCOc1ccc2ccccc2c1/C=N/NC(=O)c1cc(C(C)(C)C)[nH]n1. The first-order chi connectivity index (χ1) is 12.9. The fraction of sp³-hybridized carbons (Fsp3) is 0.286. The number of fused-ring (bicyclic) bond motifs is 1. The van der Waals surface area contributed by atoms with Crippen LogP contribution in [0.25, 0.3) is 10.8 Å². The van der Waals surface area contributed by atoms with E-state index in [2.05, 4.69) is 41.5 Å². The lowest BCUT2D eigenvalue weighted by atomic mass is 9.92. The Labute approximate surface area is 158 Å². The number of rotatable bonds is 5. The van der Waals surface area contributed by atoms with Crippen molar-refractivity contribution in [3.63, 3.8) is 0 Å². The van der Waals surface area contributed by atoms with Crippen LogP contribution < -0.4 is 10.2 Å². The zero-order valence-electron chi connectivity index (χ0n) is 16.0. The van der Waals surface area contributed by atoms with Gasteiger partial charge in [-0.1, -0.05) is 51.1 Å². The number of carbonyl (C=O) groups is 1. The first-order valence-electron chi connectivity index (χ1n) is 8.94. The third-order valence-corrected chi connectivity index (χ3v) is 4.21. The molecule has 2 aromatic carbocycles. The number of amides is 1. The maximum absolute atomic E-state index is 12.3. The van der Waals surface area contributed by atoms with Crippen LogP contribution in [0.4, 0.5) is 0 Å². The quantitative estimate of drug-likeness (QED) is 0.530. The van der Waals surface area contributed by atoms with Crippen molar-refractivity contribution in [3.8, 4) is 5.75 Å². The van der Waals surface area contributed by atoms with Gasteiger partial charge in [0, 0.05) is 16.7 Å². The van der Waals surface area contributed by atoms with Gasteiger partial charge in [0.05, 0.1) is 12.8 Å². The molecule has 3 rings (SSSR count). The Kier molecular flexibility index (Phi) is 5.26. The molecule has 0 aliphatic heterocycles. The maximum Gasteiger partial charge on any atom is 0.291 e. The summed E-state index contributed by atoms with van der Waals surface area (Å²) < 4.78 is 5.71. The van der Waals surface area contributed by atoms with Crippen molar-refractivity contribution in [2.24, 2.45) is 5.10 Å². The number of nitrogens with zero attached hydrogens (tertiary/aromatic N) is 2. The summed E-state index contributed by atoms with van der Waals surface area (Å²) in [5, 5.41) is 13.2. The molecule has 1 heterocycles. The lowest BCUT2D eigenvalue weighted by molar-refractivity contribution is 0.0950. The summed E-state index contributed by atoms with van der Waals surface area (Å²) in [6.45, 7) is 8.64. The van der Waals surface area contributed by atoms with Gasteiger partial charge >= 0.3 is 0 Å². The average molecular weight is 364 g/mol. The van der Waals surface area contributed by atoms with Gasteiger partial charge in [0.1, 0.15) is 5.75 Å². The van der Waals surface area contributed by atoms with Crippen molar-refractivity contribution < 1.29 is 9.53 Å². The predicted octanol–water partition coefficient (Wildman–Crippen LogP) is 4.02. The van der Waals surface area contributed by atoms with E-state index >= 15 is 0 Å². The highest BCUT2D eigenvalue weighted by Crippen LogP contribution is 2.26. The first kappa shape index (κ1) is 18.6. The molecule has 140 valence electrons. The van der Waals surface area contributed by atoms with E-state index in [-0.39, 0.29) is 11.3 Å². The molecule has 0 saturated heterocycles. The van der Waals surface area contributed by atoms with E-state index in [1.165, 1.54) is 0 Å². The van der Waals surface area contributed by atoms with Crippen molar-refractivity contribution in [1.29, 1.82) is 0 Å². The van der Waals surface area contributed by atoms with Gasteiger partial charge in [0.2, 0.25) is 0 Å². The molecule has 1 amide bonds. The van der Waals surface area contributed by atoms with E-state index in [1.54, 1.807) is 12.3 Å². The van der Waals surface area contributed by atoms with Gasteiger partial charge in [-0.15, -0.1) is 0 Å². The summed E-state index contributed by atoms with van der Waals surface area (Å²) in [5.74, 6) is 0.361. The third-order valence-electron chi connectivity index (χ3n) is 4.21. The largest absolute Gasteiger partial charge is 0.493 e. The van der Waals surface area contributed by atoms with Crippen LogP contribution in [0.1, 0.15) is 49.4 Å². The zero-order valence-corrected chi connectivity index (χ0v) is 16.0. The fourth-order valence-corrected chi connectivity index (χ4v) is 2.73. The van der Waals surface area contributed by atoms with Gasteiger partial charge in [-0.2, -0.15) is 10.2 Å². The number of hydrogen-bond acceptors (Lipinski definition) is 4. The summed E-state index contributed by atoms with van der Waals surface area (Å²) in [6, 6.07) is 13.6. The molecule has 1 aromatic heterocycles. The minimum Gasteiger partial charge on any atom is -0.493 e. The highest BCUT2D eigenvalue weighted by atomic mass is 16.5. The second-order valence-corrected chi connectivity index (χ2v) is 7.25. The van der Waals surface area contributed by atoms with Crippen LogP contribution >= 0.6 is 0 Å². The molecule has 6 nitrogen and oxygen atoms in total. The van der Waals surface area contributed by atoms with Crippen LogP contribution in [0.3, 0.4) is 0 Å². The van der Waals surface area contributed by atoms with Gasteiger partial charge in [-0.05, 0) is 29.8 Å². The number of aromatic nitrogens is 2. The van der Waals surface area contributed by atoms with E-state index in [1.807, 2.05) is 43.3 Å². The van der Waals surface area contributed by atoms with Crippen LogP contribution in [-0.2, 0) is 5.41 Å². The Hall–Kier alpha value is -3.15. The number of carbonyl (C=O) groups excluding carboxylic acids is 1. The number of H-pyrrole nitrogens is 1. The molecule has 0 bridgehead atoms. The van der Waals surface area contributed by atoms with E-state index in [0.717, 1.165) is 27.8 Å². The molecule has 3 aromatic rings. The van der Waals surface area contributed by atoms with Gasteiger partial charge < -0.3 is 4.74 Å². The second kappa shape index (κ2) is 7.61. The number of aromatic amines is 1. The minimum absolute atomic E-state index is 0.107. The summed E-state index contributed by atoms with van der Waals surface area (Å²) >= 11 is 0. The van der Waals surface area contributed by atoms with E-state index in [9.17, 15) is 4.79 Å². The molecule has 0 unspecified atom stereocenters. The van der Waals surface area contributed by atoms with Crippen molar-refractivity contribution in [1.82, 2.24) is 15.6 Å². The molecule has 0 spiro atoms. The molecule has 0 saturated carbocycles. The predicted molar refractivity (Wildman–Crippen MR) is 107 cm³/mol. The highest BCUT2D eigenvalue weighted by molar-refractivity contribution is 6.03. The fourth-order valence-electron chi connectivity index (χ4n) is 2.73. The van der Waals surface area contributed by atoms with Crippen molar-refractivity contribution in [2.45, 2.75) is 33.1 Å². The van der Waals surface area contributed by atoms with E-state index in [4.69, 9.17) is 4.74 Å². The van der Waals surface area contributed by atoms with Crippen LogP contribution in [0, 0.1) is 0 Å². The smallest absolute Gasteiger partial charge is 0.291 e. The molecule has 0 aliphatic rings. The highest BCUT2D eigenvalue weighted by Gasteiger charge is 2.19. The Bertz CT molecular complexity index is 983. The Balaban J connectivity index is 1.82. The monoisotopic (exact) mass is 364 g/mol. The summed E-state index contributed by atoms with van der Waals surface area (Å²) in [5.41, 5.74) is 4.46. The van der Waals surface area contributed by atoms with E-state index in [0.29, 0.717) is 12.3 Å². The standard InChI is InChI=1S/C21H24N4O2/c1-5-27-18-11-10-14-8-6-7-9-15(14)16(18)13-22-25-20(26)17-12-19(24-23-17)21(2,3)4/h6-13H,5H2,1-4H3,(H,23,24)(H,25,26)/b22-13+. The summed E-state index contributed by atoms with van der Waals surface area (Å²) in [6.07, 6.45) is 1.61. The maximum atomic E-state index is 12.3. The van der Waals surface area contributed by atoms with Crippen molar-refractivity contribution in [3.05, 3.63) is 59.4 Å². The Morgan fingerprint density at radius 1 is 1.26 bits per heavy atom. The van der Waals surface area contributed by atoms with Crippen LogP contribution in [0.15, 0.2) is 47.6 Å². The molecule has 0 aliphatic carbocycles. The molecular weight excluding hydrogens is 340 g/mol. The topological polar surface area (TPSA) is 79.4 Å². The number of nitrogens with one attached hydrogen (secondary N) is 2. The second-order valence-electron chi connectivity index (χ2n) is 7.25.